The van der Waals surface area contributed by atoms with Crippen LogP contribution < -0.4 is 10.6 Å². The van der Waals surface area contributed by atoms with E-state index in [1.807, 2.05) is 24.3 Å². The van der Waals surface area contributed by atoms with Crippen LogP contribution in [-0.2, 0) is 6.42 Å². The number of aryl methyl sites for hydroxylation is 1. The lowest BCUT2D eigenvalue weighted by Crippen LogP contribution is -2.11. The van der Waals surface area contributed by atoms with Gasteiger partial charge in [-0.1, -0.05) is 37.6 Å². The highest BCUT2D eigenvalue weighted by molar-refractivity contribution is 6.04. The van der Waals surface area contributed by atoms with Gasteiger partial charge >= 0.3 is 0 Å². The summed E-state index contributed by atoms with van der Waals surface area (Å²) in [4.78, 5) is 12.6. The minimum absolute atomic E-state index is 0.165. The lowest BCUT2D eigenvalue weighted by Gasteiger charge is -2.09. The Morgan fingerprint density at radius 1 is 0.879 bits per heavy atom. The molecule has 0 radical (unpaired) electrons. The molecular weight excluding hydrogens is 415 g/mol. The number of nitrogens with one attached hydrogen (secondary N) is 2. The highest BCUT2D eigenvalue weighted by Gasteiger charge is 2.07. The number of carbonyl (C=O) groups excluding carboxylic acids is 1. The third-order valence-electron chi connectivity index (χ3n) is 5.24. The van der Waals surface area contributed by atoms with Crippen LogP contribution in [0.3, 0.4) is 0 Å². The van der Waals surface area contributed by atoms with E-state index >= 15 is 0 Å². The van der Waals surface area contributed by atoms with Crippen LogP contribution in [0.4, 0.5) is 21.6 Å². The third-order valence-corrected chi connectivity index (χ3v) is 5.24. The van der Waals surface area contributed by atoms with Crippen molar-refractivity contribution in [1.29, 1.82) is 0 Å². The highest BCUT2D eigenvalue weighted by Crippen LogP contribution is 2.20. The van der Waals surface area contributed by atoms with Crippen molar-refractivity contribution in [2.45, 2.75) is 26.2 Å². The molecule has 0 fully saturated rings. The molecule has 0 saturated carbocycles. The number of carbonyl (C=O) groups is 1. The zero-order valence-corrected chi connectivity index (χ0v) is 18.4. The van der Waals surface area contributed by atoms with E-state index in [1.54, 1.807) is 36.4 Å². The Labute approximate surface area is 192 Å². The van der Waals surface area contributed by atoms with E-state index in [9.17, 15) is 9.18 Å². The minimum atomic E-state index is -0.315. The third kappa shape index (κ3) is 6.01. The second kappa shape index (κ2) is 10.5. The molecule has 0 atom stereocenters. The molecule has 4 aromatic rings. The van der Waals surface area contributed by atoms with Crippen molar-refractivity contribution in [3.63, 3.8) is 0 Å². The van der Waals surface area contributed by atoms with Gasteiger partial charge in [0.2, 0.25) is 0 Å². The second-order valence-electron chi connectivity index (χ2n) is 7.77. The summed E-state index contributed by atoms with van der Waals surface area (Å²) in [6.45, 7) is 2.17. The van der Waals surface area contributed by atoms with Gasteiger partial charge < -0.3 is 10.6 Å². The van der Waals surface area contributed by atoms with Gasteiger partial charge in [-0.05, 0) is 79.1 Å². The lowest BCUT2D eigenvalue weighted by molar-refractivity contribution is 0.102. The van der Waals surface area contributed by atoms with E-state index in [0.29, 0.717) is 22.6 Å². The Kier molecular flexibility index (Phi) is 7.05. The molecule has 0 unspecified atom stereocenters. The Morgan fingerprint density at radius 2 is 1.64 bits per heavy atom. The van der Waals surface area contributed by atoms with E-state index in [-0.39, 0.29) is 11.7 Å². The first-order chi connectivity index (χ1) is 16.1. The smallest absolute Gasteiger partial charge is 0.255 e. The number of hydrogen-bond donors (Lipinski definition) is 2. The van der Waals surface area contributed by atoms with Crippen molar-refractivity contribution >= 4 is 23.1 Å². The largest absolute Gasteiger partial charge is 0.339 e. The predicted molar refractivity (Wildman–Crippen MR) is 130 cm³/mol. The van der Waals surface area contributed by atoms with Gasteiger partial charge in [0.1, 0.15) is 5.82 Å². The summed E-state index contributed by atoms with van der Waals surface area (Å²) in [5.74, 6) is 0.0715. The Balaban J connectivity index is 1.35. The van der Waals surface area contributed by atoms with Crippen LogP contribution in [0.5, 0.6) is 0 Å². The summed E-state index contributed by atoms with van der Waals surface area (Å²) in [5.41, 5.74) is 4.64. The maximum absolute atomic E-state index is 13.4. The van der Waals surface area contributed by atoms with Gasteiger partial charge in [0, 0.05) is 22.5 Å². The molecule has 0 aliphatic rings. The number of benzene rings is 3. The number of halogens is 1. The fourth-order valence-electron chi connectivity index (χ4n) is 3.39. The van der Waals surface area contributed by atoms with Crippen molar-refractivity contribution in [2.75, 3.05) is 10.6 Å². The molecule has 2 N–H and O–H groups in total. The lowest BCUT2D eigenvalue weighted by atomic mass is 10.1. The SMILES string of the molecule is CCCCc1ccc(NC(=O)c2ccc(Nc3ccc(-c4cccc(F)c4)nn3)cc2)cc1. The van der Waals surface area contributed by atoms with E-state index < -0.39 is 0 Å². The Bertz CT molecular complexity index is 1210. The molecule has 1 aromatic heterocycles. The predicted octanol–water partition coefficient (Wildman–Crippen LogP) is 6.62. The summed E-state index contributed by atoms with van der Waals surface area (Å²) < 4.78 is 13.4. The number of amides is 1. The molecule has 1 heterocycles. The normalized spacial score (nSPS) is 10.6. The van der Waals surface area contributed by atoms with Gasteiger partial charge in [0.15, 0.2) is 5.82 Å². The molecule has 0 saturated heterocycles. The standard InChI is InChI=1S/C27H25FN4O/c1-2-3-5-19-8-12-24(13-9-19)30-27(33)20-10-14-23(15-11-20)29-26-17-16-25(31-32-26)21-6-4-7-22(28)18-21/h4,6-18H,2-3,5H2,1H3,(H,29,32)(H,30,33). The van der Waals surface area contributed by atoms with Gasteiger partial charge in [-0.2, -0.15) is 0 Å². The number of hydrogen-bond acceptors (Lipinski definition) is 4. The Hall–Kier alpha value is -4.06. The van der Waals surface area contributed by atoms with E-state index in [4.69, 9.17) is 0 Å². The van der Waals surface area contributed by atoms with E-state index in [2.05, 4.69) is 39.9 Å². The number of nitrogens with zero attached hydrogens (tertiary/aromatic N) is 2. The van der Waals surface area contributed by atoms with Crippen LogP contribution >= 0.6 is 0 Å². The van der Waals surface area contributed by atoms with E-state index in [0.717, 1.165) is 30.6 Å². The number of unbranched alkanes of at least 4 members (excludes halogenated alkanes) is 1. The van der Waals surface area contributed by atoms with Gasteiger partial charge in [-0.3, -0.25) is 4.79 Å². The Morgan fingerprint density at radius 3 is 2.30 bits per heavy atom. The summed E-state index contributed by atoms with van der Waals surface area (Å²) in [7, 11) is 0. The first kappa shape index (κ1) is 22.1. The molecule has 0 spiro atoms. The first-order valence-corrected chi connectivity index (χ1v) is 11.0. The van der Waals surface area contributed by atoms with Crippen LogP contribution in [0.2, 0.25) is 0 Å². The van der Waals surface area contributed by atoms with Crippen molar-refractivity contribution in [2.24, 2.45) is 0 Å². The second-order valence-corrected chi connectivity index (χ2v) is 7.77. The maximum Gasteiger partial charge on any atom is 0.255 e. The zero-order valence-electron chi connectivity index (χ0n) is 18.4. The molecule has 0 aliphatic heterocycles. The molecule has 3 aromatic carbocycles. The van der Waals surface area contributed by atoms with Crippen LogP contribution in [0, 0.1) is 5.82 Å². The molecular formula is C27H25FN4O. The van der Waals surface area contributed by atoms with Crippen LogP contribution in [-0.4, -0.2) is 16.1 Å². The fraction of sp³-hybridized carbons (Fsp3) is 0.148. The van der Waals surface area contributed by atoms with Crippen molar-refractivity contribution in [1.82, 2.24) is 10.2 Å². The van der Waals surface area contributed by atoms with Gasteiger partial charge in [-0.25, -0.2) is 4.39 Å². The zero-order chi connectivity index (χ0) is 23.0. The molecule has 1 amide bonds. The van der Waals surface area contributed by atoms with Crippen LogP contribution in [0.1, 0.15) is 35.7 Å². The summed E-state index contributed by atoms with van der Waals surface area (Å²) in [5, 5.41) is 14.4. The minimum Gasteiger partial charge on any atom is -0.339 e. The monoisotopic (exact) mass is 440 g/mol. The van der Waals surface area contributed by atoms with Crippen LogP contribution in [0.15, 0.2) is 84.9 Å². The van der Waals surface area contributed by atoms with Crippen molar-refractivity contribution in [3.8, 4) is 11.3 Å². The summed E-state index contributed by atoms with van der Waals surface area (Å²) in [6.07, 6.45) is 3.38. The number of aromatic nitrogens is 2. The molecule has 0 bridgehead atoms. The molecule has 33 heavy (non-hydrogen) atoms. The van der Waals surface area contributed by atoms with E-state index in [1.165, 1.54) is 17.7 Å². The van der Waals surface area contributed by atoms with Crippen molar-refractivity contribution < 1.29 is 9.18 Å². The molecule has 4 rings (SSSR count). The summed E-state index contributed by atoms with van der Waals surface area (Å²) >= 11 is 0. The van der Waals surface area contributed by atoms with Gasteiger partial charge in [-0.15, -0.1) is 10.2 Å². The first-order valence-electron chi connectivity index (χ1n) is 11.0. The average Bonchev–Trinajstić information content (AvgIpc) is 2.84. The molecule has 166 valence electrons. The topological polar surface area (TPSA) is 66.9 Å². The maximum atomic E-state index is 13.4. The fourth-order valence-corrected chi connectivity index (χ4v) is 3.39. The molecule has 5 nitrogen and oxygen atoms in total. The van der Waals surface area contributed by atoms with Crippen molar-refractivity contribution in [3.05, 3.63) is 102 Å². The molecule has 0 aliphatic carbocycles. The highest BCUT2D eigenvalue weighted by atomic mass is 19.1. The van der Waals surface area contributed by atoms with Gasteiger partial charge in [0.25, 0.3) is 5.91 Å². The van der Waals surface area contributed by atoms with Gasteiger partial charge in [0.05, 0.1) is 5.69 Å². The van der Waals surface area contributed by atoms with Crippen LogP contribution in [0.25, 0.3) is 11.3 Å². The average molecular weight is 441 g/mol. The summed E-state index contributed by atoms with van der Waals surface area (Å²) in [6, 6.07) is 24.9. The quantitative estimate of drug-likeness (QED) is 0.323. The number of anilines is 3. The molecule has 6 heteroatoms. The number of rotatable bonds is 8.